The van der Waals surface area contributed by atoms with Crippen molar-refractivity contribution >= 4 is 0 Å². The molecule has 0 spiro atoms. The van der Waals surface area contributed by atoms with Gasteiger partial charge in [-0.25, -0.2) is 4.39 Å². The molecule has 0 radical (unpaired) electrons. The van der Waals surface area contributed by atoms with Crippen LogP contribution in [0.1, 0.15) is 61.3 Å². The fourth-order valence-corrected chi connectivity index (χ4v) is 0. The molecule has 1 heteroatoms. The van der Waals surface area contributed by atoms with Gasteiger partial charge in [0, 0.05) is 0 Å². The van der Waals surface area contributed by atoms with E-state index in [0.717, 1.165) is 5.57 Å². The summed E-state index contributed by atoms with van der Waals surface area (Å²) in [6.07, 6.45) is 2.50. The van der Waals surface area contributed by atoms with Crippen LogP contribution < -0.4 is 0 Å². The molecule has 0 aromatic rings. The molecule has 0 fully saturated rings. The van der Waals surface area contributed by atoms with Gasteiger partial charge < -0.3 is 0 Å². The molecule has 0 saturated carbocycles. The molecule has 0 aromatic carbocycles. The highest BCUT2D eigenvalue weighted by atomic mass is 19.1. The lowest BCUT2D eigenvalue weighted by atomic mass is 10.3. The van der Waals surface area contributed by atoms with Crippen LogP contribution in [-0.2, 0) is 0 Å². The highest BCUT2D eigenvalue weighted by Gasteiger charge is 1.80. The van der Waals surface area contributed by atoms with Crippen molar-refractivity contribution in [2.45, 2.75) is 61.3 Å². The van der Waals surface area contributed by atoms with Gasteiger partial charge in [-0.3, -0.25) is 0 Å². The van der Waals surface area contributed by atoms with Gasteiger partial charge in [-0.2, -0.15) is 0 Å². The number of hydrogen-bond acceptors (Lipinski definition) is 0. The van der Waals surface area contributed by atoms with Gasteiger partial charge in [0.1, 0.15) is 0 Å². The van der Waals surface area contributed by atoms with E-state index < -0.39 is 0 Å². The molecule has 0 nitrogen and oxygen atoms in total. The van der Waals surface area contributed by atoms with Gasteiger partial charge in [-0.1, -0.05) is 40.5 Å². The summed E-state index contributed by atoms with van der Waals surface area (Å²) in [4.78, 5) is 0. The molecule has 76 valence electrons. The van der Waals surface area contributed by atoms with Crippen LogP contribution in [0.4, 0.5) is 4.39 Å². The Bertz CT molecular complexity index is 73.2. The lowest BCUT2D eigenvalue weighted by Crippen LogP contribution is -1.64. The largest absolute Gasteiger partial charge is 0.212 e. The predicted octanol–water partition coefficient (Wildman–Crippen LogP) is 5.10. The summed E-state index contributed by atoms with van der Waals surface area (Å²) in [5.41, 5.74) is 0.759. The minimum atomic E-state index is -0.0741. The van der Waals surface area contributed by atoms with Crippen LogP contribution in [0, 0.1) is 0 Å². The maximum Gasteiger partial charge on any atom is 0.0955 e. The van der Waals surface area contributed by atoms with E-state index in [9.17, 15) is 4.39 Å². The Hall–Kier alpha value is -0.330. The van der Waals surface area contributed by atoms with Gasteiger partial charge in [0.25, 0.3) is 0 Å². The van der Waals surface area contributed by atoms with Crippen molar-refractivity contribution in [3.63, 3.8) is 0 Å². The van der Waals surface area contributed by atoms with Gasteiger partial charge in [0.2, 0.25) is 0 Å². The van der Waals surface area contributed by atoms with Crippen molar-refractivity contribution < 1.29 is 4.39 Å². The fraction of sp³-hybridized carbons (Fsp3) is 0.818. The van der Waals surface area contributed by atoms with Gasteiger partial charge in [0.15, 0.2) is 0 Å². The summed E-state index contributed by atoms with van der Waals surface area (Å²) < 4.78 is 11.7. The SMILES string of the molecule is CC(C)=C(C)F.CCC.CCC. The van der Waals surface area contributed by atoms with Crippen LogP contribution in [0.25, 0.3) is 0 Å². The summed E-state index contributed by atoms with van der Waals surface area (Å²) >= 11 is 0. The maximum absolute atomic E-state index is 11.7. The second-order valence-corrected chi connectivity index (χ2v) is 2.95. The number of rotatable bonds is 0. The lowest BCUT2D eigenvalue weighted by molar-refractivity contribution is 0.627. The van der Waals surface area contributed by atoms with Crippen molar-refractivity contribution in [2.24, 2.45) is 0 Å². The van der Waals surface area contributed by atoms with Crippen LogP contribution in [0.5, 0.6) is 0 Å². The van der Waals surface area contributed by atoms with E-state index in [2.05, 4.69) is 27.7 Å². The topological polar surface area (TPSA) is 0 Å². The molecule has 0 saturated heterocycles. The van der Waals surface area contributed by atoms with E-state index in [1.807, 2.05) is 0 Å². The number of hydrogen-bond donors (Lipinski definition) is 0. The molecule has 0 rings (SSSR count). The summed E-state index contributed by atoms with van der Waals surface area (Å²) in [7, 11) is 0. The molecule has 0 aromatic heterocycles. The van der Waals surface area contributed by atoms with E-state index in [-0.39, 0.29) is 5.83 Å². The van der Waals surface area contributed by atoms with Crippen LogP contribution in [0.2, 0.25) is 0 Å². The molecule has 12 heavy (non-hydrogen) atoms. The Balaban J connectivity index is -0.000000115. The third-order valence-electron chi connectivity index (χ3n) is 0.689. The second-order valence-electron chi connectivity index (χ2n) is 2.95. The molecule has 0 N–H and O–H groups in total. The first kappa shape index (κ1) is 17.7. The first-order chi connectivity index (χ1) is 5.47. The molecule has 0 bridgehead atoms. The molecule has 0 amide bonds. The Morgan fingerprint density at radius 2 is 0.917 bits per heavy atom. The Labute approximate surface area is 77.9 Å². The minimum Gasteiger partial charge on any atom is -0.212 e. The normalized spacial score (nSPS) is 7.00. The van der Waals surface area contributed by atoms with Crippen molar-refractivity contribution in [1.29, 1.82) is 0 Å². The molecule has 0 heterocycles. The predicted molar refractivity (Wildman–Crippen MR) is 57.1 cm³/mol. The van der Waals surface area contributed by atoms with E-state index in [4.69, 9.17) is 0 Å². The first-order valence-corrected chi connectivity index (χ1v) is 4.77. The molecule has 0 aliphatic heterocycles. The minimum absolute atomic E-state index is 0.0741. The highest BCUT2D eigenvalue weighted by Crippen LogP contribution is 2.00. The van der Waals surface area contributed by atoms with Crippen molar-refractivity contribution in [3.05, 3.63) is 11.4 Å². The Morgan fingerprint density at radius 1 is 0.833 bits per heavy atom. The van der Waals surface area contributed by atoms with Gasteiger partial charge >= 0.3 is 0 Å². The van der Waals surface area contributed by atoms with Crippen LogP contribution in [-0.4, -0.2) is 0 Å². The van der Waals surface area contributed by atoms with Crippen LogP contribution in [0.3, 0.4) is 0 Å². The Morgan fingerprint density at radius 3 is 0.917 bits per heavy atom. The van der Waals surface area contributed by atoms with Gasteiger partial charge in [-0.15, -0.1) is 0 Å². The number of halogens is 1. The van der Waals surface area contributed by atoms with E-state index in [1.54, 1.807) is 13.8 Å². The van der Waals surface area contributed by atoms with Crippen molar-refractivity contribution in [2.75, 3.05) is 0 Å². The van der Waals surface area contributed by atoms with Crippen molar-refractivity contribution in [1.82, 2.24) is 0 Å². The summed E-state index contributed by atoms with van der Waals surface area (Å²) in [5, 5.41) is 0. The summed E-state index contributed by atoms with van der Waals surface area (Å²) in [5.74, 6) is -0.0741. The first-order valence-electron chi connectivity index (χ1n) is 4.77. The van der Waals surface area contributed by atoms with E-state index in [0.29, 0.717) is 0 Å². The van der Waals surface area contributed by atoms with Crippen molar-refractivity contribution in [3.8, 4) is 0 Å². The Kier molecular flexibility index (Phi) is 25.0. The molecule has 0 aliphatic rings. The van der Waals surface area contributed by atoms with E-state index >= 15 is 0 Å². The van der Waals surface area contributed by atoms with E-state index in [1.165, 1.54) is 19.8 Å². The molecule has 0 unspecified atom stereocenters. The standard InChI is InChI=1S/C5H9F.2C3H8/c1-4(2)5(3)6;2*1-3-2/h1-3H3;2*3H2,1-2H3. The average molecular weight is 176 g/mol. The third-order valence-corrected chi connectivity index (χ3v) is 0.689. The summed E-state index contributed by atoms with van der Waals surface area (Å²) in [6.45, 7) is 13.4. The van der Waals surface area contributed by atoms with Crippen LogP contribution >= 0.6 is 0 Å². The smallest absolute Gasteiger partial charge is 0.0955 e. The zero-order valence-electron chi connectivity index (χ0n) is 9.79. The van der Waals surface area contributed by atoms with Gasteiger partial charge in [0.05, 0.1) is 5.83 Å². The monoisotopic (exact) mass is 176 g/mol. The average Bonchev–Trinajstić information content (AvgIpc) is 1.90. The second kappa shape index (κ2) is 17.0. The van der Waals surface area contributed by atoms with Crippen LogP contribution in [0.15, 0.2) is 11.4 Å². The maximum atomic E-state index is 11.7. The highest BCUT2D eigenvalue weighted by molar-refractivity contribution is 4.97. The molecular formula is C11H25F. The molecular weight excluding hydrogens is 151 g/mol. The molecule has 0 atom stereocenters. The molecule has 0 aliphatic carbocycles. The zero-order valence-corrected chi connectivity index (χ0v) is 9.79. The third kappa shape index (κ3) is 54.0. The quantitative estimate of drug-likeness (QED) is 0.481. The summed E-state index contributed by atoms with van der Waals surface area (Å²) in [6, 6.07) is 0. The number of allylic oxidation sites excluding steroid dienone is 2. The zero-order chi connectivity index (χ0) is 10.6. The lowest BCUT2D eigenvalue weighted by Gasteiger charge is -1.83. The van der Waals surface area contributed by atoms with Gasteiger partial charge in [-0.05, 0) is 26.3 Å². The fourth-order valence-electron chi connectivity index (χ4n) is 0.